The van der Waals surface area contributed by atoms with Crippen LogP contribution >= 0.6 is 0 Å². The Balaban J connectivity index is 1.84. The molecule has 1 saturated heterocycles. The maximum absolute atomic E-state index is 12.7. The van der Waals surface area contributed by atoms with Crippen molar-refractivity contribution >= 4 is 5.91 Å². The zero-order chi connectivity index (χ0) is 16.4. The molecule has 1 aromatic carbocycles. The zero-order valence-electron chi connectivity index (χ0n) is 13.3. The molecule has 1 aliphatic heterocycles. The van der Waals surface area contributed by atoms with Crippen molar-refractivity contribution in [1.82, 2.24) is 9.88 Å². The third-order valence-electron chi connectivity index (χ3n) is 4.01. The summed E-state index contributed by atoms with van der Waals surface area (Å²) in [4.78, 5) is 29.4. The number of benzene rings is 1. The minimum atomic E-state index is -0.248. The second-order valence-corrected chi connectivity index (χ2v) is 5.95. The number of hydrogen-bond acceptors (Lipinski definition) is 3. The lowest BCUT2D eigenvalue weighted by molar-refractivity contribution is -0.0692. The van der Waals surface area contributed by atoms with Gasteiger partial charge in [0.25, 0.3) is 5.91 Å². The maximum atomic E-state index is 12.7. The van der Waals surface area contributed by atoms with Crippen LogP contribution in [0.2, 0.25) is 0 Å². The van der Waals surface area contributed by atoms with Crippen LogP contribution in [-0.2, 0) is 4.74 Å². The minimum Gasteiger partial charge on any atom is -0.367 e. The normalized spacial score (nSPS) is 21.2. The molecule has 0 radical (unpaired) electrons. The van der Waals surface area contributed by atoms with E-state index < -0.39 is 0 Å². The van der Waals surface area contributed by atoms with E-state index in [1.54, 1.807) is 11.8 Å². The van der Waals surface area contributed by atoms with Crippen LogP contribution in [0.25, 0.3) is 0 Å². The highest BCUT2D eigenvalue weighted by molar-refractivity contribution is 5.94. The van der Waals surface area contributed by atoms with Gasteiger partial charge in [0.2, 0.25) is 0 Å². The third kappa shape index (κ3) is 3.35. The molecule has 5 nitrogen and oxygen atoms in total. The first-order valence-corrected chi connectivity index (χ1v) is 7.73. The summed E-state index contributed by atoms with van der Waals surface area (Å²) in [5, 5.41) is 0. The van der Waals surface area contributed by atoms with Gasteiger partial charge in [-0.1, -0.05) is 30.3 Å². The molecule has 0 unspecified atom stereocenters. The highest BCUT2D eigenvalue weighted by Crippen LogP contribution is 2.25. The van der Waals surface area contributed by atoms with E-state index in [1.807, 2.05) is 37.3 Å². The predicted molar refractivity (Wildman–Crippen MR) is 87.4 cm³/mol. The van der Waals surface area contributed by atoms with E-state index in [1.165, 1.54) is 12.3 Å². The first kappa shape index (κ1) is 15.5. The molecule has 0 bridgehead atoms. The number of ether oxygens (including phenoxy) is 1. The fraction of sp³-hybridized carbons (Fsp3) is 0.333. The van der Waals surface area contributed by atoms with Crippen molar-refractivity contribution in [3.05, 3.63) is 69.6 Å². The number of hydrogen-bond donors (Lipinski definition) is 1. The van der Waals surface area contributed by atoms with E-state index in [0.717, 1.165) is 11.3 Å². The average Bonchev–Trinajstić information content (AvgIpc) is 2.54. The number of amides is 1. The van der Waals surface area contributed by atoms with Gasteiger partial charge in [0, 0.05) is 24.5 Å². The number of aromatic nitrogens is 1. The SMILES string of the molecule is Cc1cc(=O)c(C(=O)N2C[C@@H](C)O[C@H](c3ccccc3)C2)c[nH]1. The summed E-state index contributed by atoms with van der Waals surface area (Å²) in [6.45, 7) is 4.66. The lowest BCUT2D eigenvalue weighted by Crippen LogP contribution is -2.47. The van der Waals surface area contributed by atoms with Crippen molar-refractivity contribution in [2.24, 2.45) is 0 Å². The monoisotopic (exact) mass is 312 g/mol. The van der Waals surface area contributed by atoms with Gasteiger partial charge in [-0.05, 0) is 19.4 Å². The number of nitrogens with zero attached hydrogens (tertiary/aromatic N) is 1. The minimum absolute atomic E-state index is 0.0811. The predicted octanol–water partition coefficient (Wildman–Crippen LogP) is 2.29. The molecule has 0 saturated carbocycles. The van der Waals surface area contributed by atoms with E-state index in [-0.39, 0.29) is 29.1 Å². The zero-order valence-corrected chi connectivity index (χ0v) is 13.3. The average molecular weight is 312 g/mol. The van der Waals surface area contributed by atoms with Gasteiger partial charge in [-0.2, -0.15) is 0 Å². The molecule has 2 heterocycles. The fourth-order valence-corrected chi connectivity index (χ4v) is 2.88. The van der Waals surface area contributed by atoms with Gasteiger partial charge in [-0.3, -0.25) is 9.59 Å². The summed E-state index contributed by atoms with van der Waals surface area (Å²) in [6, 6.07) is 11.3. The van der Waals surface area contributed by atoms with E-state index in [0.29, 0.717) is 13.1 Å². The summed E-state index contributed by atoms with van der Waals surface area (Å²) in [7, 11) is 0. The number of pyridine rings is 1. The number of rotatable bonds is 2. The van der Waals surface area contributed by atoms with Gasteiger partial charge in [0.05, 0.1) is 12.6 Å². The molecule has 5 heteroatoms. The molecule has 0 aliphatic carbocycles. The van der Waals surface area contributed by atoms with Crippen LogP contribution in [0.1, 0.15) is 34.6 Å². The van der Waals surface area contributed by atoms with Crippen LogP contribution in [0, 0.1) is 6.92 Å². The highest BCUT2D eigenvalue weighted by atomic mass is 16.5. The number of aryl methyl sites for hydroxylation is 1. The van der Waals surface area contributed by atoms with E-state index in [2.05, 4.69) is 4.98 Å². The van der Waals surface area contributed by atoms with Gasteiger partial charge in [-0.25, -0.2) is 0 Å². The number of nitrogens with one attached hydrogen (secondary N) is 1. The number of carbonyl (C=O) groups is 1. The van der Waals surface area contributed by atoms with Gasteiger partial charge in [-0.15, -0.1) is 0 Å². The van der Waals surface area contributed by atoms with Crippen molar-refractivity contribution in [3.63, 3.8) is 0 Å². The summed E-state index contributed by atoms with van der Waals surface area (Å²) in [6.07, 6.45) is 1.24. The van der Waals surface area contributed by atoms with Gasteiger partial charge < -0.3 is 14.6 Å². The molecule has 0 spiro atoms. The summed E-state index contributed by atoms with van der Waals surface area (Å²) < 4.78 is 5.96. The van der Waals surface area contributed by atoms with Crippen LogP contribution in [0.3, 0.4) is 0 Å². The Hall–Kier alpha value is -2.40. The van der Waals surface area contributed by atoms with Crippen LogP contribution in [-0.4, -0.2) is 35.0 Å². The first-order chi connectivity index (χ1) is 11.0. The largest absolute Gasteiger partial charge is 0.367 e. The second kappa shape index (κ2) is 6.38. The molecule has 1 amide bonds. The summed E-state index contributed by atoms with van der Waals surface area (Å²) in [5.74, 6) is -0.248. The van der Waals surface area contributed by atoms with Gasteiger partial charge in [0.1, 0.15) is 11.7 Å². The molecule has 1 aromatic heterocycles. The van der Waals surface area contributed by atoms with Crippen molar-refractivity contribution in [3.8, 4) is 0 Å². The molecule has 3 rings (SSSR count). The van der Waals surface area contributed by atoms with Crippen molar-refractivity contribution in [1.29, 1.82) is 0 Å². The van der Waals surface area contributed by atoms with Crippen LogP contribution in [0.5, 0.6) is 0 Å². The molecule has 120 valence electrons. The number of aromatic amines is 1. The summed E-state index contributed by atoms with van der Waals surface area (Å²) >= 11 is 0. The number of morpholine rings is 1. The highest BCUT2D eigenvalue weighted by Gasteiger charge is 2.30. The molecule has 1 N–H and O–H groups in total. The van der Waals surface area contributed by atoms with E-state index in [4.69, 9.17) is 4.74 Å². The Morgan fingerprint density at radius 1 is 1.26 bits per heavy atom. The first-order valence-electron chi connectivity index (χ1n) is 7.73. The smallest absolute Gasteiger partial charge is 0.259 e. The fourth-order valence-electron chi connectivity index (χ4n) is 2.88. The van der Waals surface area contributed by atoms with Crippen LogP contribution in [0.4, 0.5) is 0 Å². The number of H-pyrrole nitrogens is 1. The molecular formula is C18H20N2O3. The molecule has 1 aliphatic rings. The Kier molecular flexibility index (Phi) is 4.30. The Morgan fingerprint density at radius 3 is 2.70 bits per heavy atom. The Labute approximate surface area is 134 Å². The standard InChI is InChI=1S/C18H20N2O3/c1-12-8-16(21)15(9-19-12)18(22)20-10-13(2)23-17(11-20)14-6-4-3-5-7-14/h3-9,13,17H,10-11H2,1-2H3,(H,19,21)/t13-,17+/m1/s1. The molecule has 2 aromatic rings. The molecular weight excluding hydrogens is 292 g/mol. The topological polar surface area (TPSA) is 62.4 Å². The Bertz CT molecular complexity index is 754. The summed E-state index contributed by atoms with van der Waals surface area (Å²) in [5.41, 5.74) is 1.71. The Morgan fingerprint density at radius 2 is 2.00 bits per heavy atom. The lowest BCUT2D eigenvalue weighted by atomic mass is 10.1. The van der Waals surface area contributed by atoms with E-state index >= 15 is 0 Å². The third-order valence-corrected chi connectivity index (χ3v) is 4.01. The number of carbonyl (C=O) groups excluding carboxylic acids is 1. The van der Waals surface area contributed by atoms with Crippen molar-refractivity contribution in [2.45, 2.75) is 26.1 Å². The lowest BCUT2D eigenvalue weighted by Gasteiger charge is -2.37. The van der Waals surface area contributed by atoms with E-state index in [9.17, 15) is 9.59 Å². The quantitative estimate of drug-likeness (QED) is 0.925. The van der Waals surface area contributed by atoms with Crippen LogP contribution in [0.15, 0.2) is 47.4 Å². The van der Waals surface area contributed by atoms with Gasteiger partial charge >= 0.3 is 0 Å². The molecule has 1 fully saturated rings. The maximum Gasteiger partial charge on any atom is 0.259 e. The van der Waals surface area contributed by atoms with Crippen LogP contribution < -0.4 is 5.43 Å². The van der Waals surface area contributed by atoms with Gasteiger partial charge in [0.15, 0.2) is 5.43 Å². The second-order valence-electron chi connectivity index (χ2n) is 5.95. The van der Waals surface area contributed by atoms with Crippen molar-refractivity contribution in [2.75, 3.05) is 13.1 Å². The molecule has 23 heavy (non-hydrogen) atoms. The molecule has 2 atom stereocenters. The van der Waals surface area contributed by atoms with Crippen molar-refractivity contribution < 1.29 is 9.53 Å².